The summed E-state index contributed by atoms with van der Waals surface area (Å²) >= 11 is 0. The van der Waals surface area contributed by atoms with Crippen LogP contribution in [0.1, 0.15) is 13.8 Å². The van der Waals surface area contributed by atoms with Gasteiger partial charge in [-0.15, -0.1) is 0 Å². The Morgan fingerprint density at radius 2 is 1.67 bits per heavy atom. The number of fused-ring (bicyclic) bond motifs is 1. The van der Waals surface area contributed by atoms with E-state index in [4.69, 9.17) is 5.11 Å². The van der Waals surface area contributed by atoms with Crippen LogP contribution in [0.2, 0.25) is 0 Å². The molecule has 0 spiro atoms. The average molecular weight is 286 g/mol. The molecule has 0 saturated heterocycles. The largest absolute Gasteiger partial charge is 0.480 e. The summed E-state index contributed by atoms with van der Waals surface area (Å²) < 4.78 is 0. The molecule has 3 N–H and O–H groups in total. The van der Waals surface area contributed by atoms with Gasteiger partial charge in [0.05, 0.1) is 0 Å². The number of benzene rings is 2. The SMILES string of the molecule is CC(Nc1cccc2ccccc12)C(=O)N[C@@H](C)C(=O)O. The Balaban J connectivity index is 2.13. The lowest BCUT2D eigenvalue weighted by atomic mass is 10.1. The molecule has 0 aliphatic carbocycles. The van der Waals surface area contributed by atoms with Crippen molar-refractivity contribution in [1.29, 1.82) is 0 Å². The number of aliphatic carboxylic acids is 1. The van der Waals surface area contributed by atoms with Crippen LogP contribution in [0.25, 0.3) is 10.8 Å². The molecule has 1 amide bonds. The predicted molar refractivity (Wildman–Crippen MR) is 82.3 cm³/mol. The number of rotatable bonds is 5. The lowest BCUT2D eigenvalue weighted by Gasteiger charge is -2.18. The van der Waals surface area contributed by atoms with Gasteiger partial charge in [-0.05, 0) is 25.3 Å². The van der Waals surface area contributed by atoms with Gasteiger partial charge in [0, 0.05) is 11.1 Å². The third-order valence-corrected chi connectivity index (χ3v) is 3.28. The number of carbonyl (C=O) groups is 2. The zero-order valence-electron chi connectivity index (χ0n) is 12.0. The van der Waals surface area contributed by atoms with Gasteiger partial charge in [0.15, 0.2) is 0 Å². The lowest BCUT2D eigenvalue weighted by Crippen LogP contribution is -2.45. The van der Waals surface area contributed by atoms with Gasteiger partial charge in [-0.2, -0.15) is 0 Å². The highest BCUT2D eigenvalue weighted by Crippen LogP contribution is 2.23. The first-order valence-electron chi connectivity index (χ1n) is 6.76. The summed E-state index contributed by atoms with van der Waals surface area (Å²) in [6, 6.07) is 12.2. The molecular formula is C16H18N2O3. The van der Waals surface area contributed by atoms with Crippen LogP contribution < -0.4 is 10.6 Å². The molecule has 0 bridgehead atoms. The molecule has 0 radical (unpaired) electrons. The van der Waals surface area contributed by atoms with Crippen LogP contribution in [-0.4, -0.2) is 29.1 Å². The van der Waals surface area contributed by atoms with Crippen molar-refractivity contribution in [3.05, 3.63) is 42.5 Å². The third-order valence-electron chi connectivity index (χ3n) is 3.28. The van der Waals surface area contributed by atoms with Gasteiger partial charge in [0.2, 0.25) is 5.91 Å². The molecule has 0 fully saturated rings. The van der Waals surface area contributed by atoms with Gasteiger partial charge in [-0.1, -0.05) is 36.4 Å². The van der Waals surface area contributed by atoms with E-state index in [2.05, 4.69) is 10.6 Å². The Morgan fingerprint density at radius 1 is 1.00 bits per heavy atom. The van der Waals surface area contributed by atoms with E-state index in [0.29, 0.717) is 0 Å². The molecule has 2 aromatic rings. The summed E-state index contributed by atoms with van der Waals surface area (Å²) in [6.45, 7) is 3.14. The van der Waals surface area contributed by atoms with Gasteiger partial charge in [-0.25, -0.2) is 0 Å². The first-order chi connectivity index (χ1) is 9.99. The first-order valence-corrected chi connectivity index (χ1v) is 6.76. The second kappa shape index (κ2) is 6.26. The smallest absolute Gasteiger partial charge is 0.325 e. The minimum absolute atomic E-state index is 0.349. The Morgan fingerprint density at radius 3 is 2.38 bits per heavy atom. The van der Waals surface area contributed by atoms with Crippen molar-refractivity contribution in [2.75, 3.05) is 5.32 Å². The topological polar surface area (TPSA) is 78.4 Å². The summed E-state index contributed by atoms with van der Waals surface area (Å²) in [5, 5.41) is 16.5. The normalized spacial score (nSPS) is 13.4. The van der Waals surface area contributed by atoms with Crippen molar-refractivity contribution >= 4 is 28.3 Å². The maximum absolute atomic E-state index is 12.0. The monoisotopic (exact) mass is 286 g/mol. The third kappa shape index (κ3) is 3.51. The van der Waals surface area contributed by atoms with Crippen molar-refractivity contribution < 1.29 is 14.7 Å². The minimum atomic E-state index is -1.05. The molecule has 5 nitrogen and oxygen atoms in total. The molecule has 21 heavy (non-hydrogen) atoms. The molecular weight excluding hydrogens is 268 g/mol. The van der Waals surface area contributed by atoms with Crippen LogP contribution >= 0.6 is 0 Å². The molecule has 0 heterocycles. The molecule has 0 aromatic heterocycles. The van der Waals surface area contributed by atoms with Crippen molar-refractivity contribution in [2.24, 2.45) is 0 Å². The van der Waals surface area contributed by atoms with Crippen LogP contribution in [0, 0.1) is 0 Å². The Labute approximate surface area is 123 Å². The van der Waals surface area contributed by atoms with Gasteiger partial charge in [-0.3, -0.25) is 9.59 Å². The molecule has 110 valence electrons. The minimum Gasteiger partial charge on any atom is -0.480 e. The van der Waals surface area contributed by atoms with Crippen LogP contribution in [0.3, 0.4) is 0 Å². The summed E-state index contributed by atoms with van der Waals surface area (Å²) in [7, 11) is 0. The number of carbonyl (C=O) groups excluding carboxylic acids is 1. The Bertz CT molecular complexity index is 664. The zero-order chi connectivity index (χ0) is 15.4. The maximum atomic E-state index is 12.0. The van der Waals surface area contributed by atoms with Crippen molar-refractivity contribution in [1.82, 2.24) is 5.32 Å². The predicted octanol–water partition coefficient (Wildman–Crippen LogP) is 2.23. The van der Waals surface area contributed by atoms with E-state index in [9.17, 15) is 9.59 Å². The molecule has 1 unspecified atom stereocenters. The summed E-state index contributed by atoms with van der Waals surface area (Å²) in [4.78, 5) is 22.7. The van der Waals surface area contributed by atoms with Gasteiger partial charge >= 0.3 is 5.97 Å². The van der Waals surface area contributed by atoms with Crippen LogP contribution in [0.15, 0.2) is 42.5 Å². The zero-order valence-corrected chi connectivity index (χ0v) is 12.0. The number of carboxylic acid groups (broad SMARTS) is 1. The number of nitrogens with one attached hydrogen (secondary N) is 2. The van der Waals surface area contributed by atoms with Crippen LogP contribution in [0.4, 0.5) is 5.69 Å². The second-order valence-electron chi connectivity index (χ2n) is 4.96. The Kier molecular flexibility index (Phi) is 4.42. The summed E-state index contributed by atoms with van der Waals surface area (Å²) in [5.41, 5.74) is 0.846. The second-order valence-corrected chi connectivity index (χ2v) is 4.96. The highest BCUT2D eigenvalue weighted by molar-refractivity contribution is 5.96. The molecule has 0 aliphatic rings. The summed E-state index contributed by atoms with van der Waals surface area (Å²) in [6.07, 6.45) is 0. The average Bonchev–Trinajstić information content (AvgIpc) is 2.47. The van der Waals surface area contributed by atoms with Crippen LogP contribution in [-0.2, 0) is 9.59 Å². The quantitative estimate of drug-likeness (QED) is 0.787. The van der Waals surface area contributed by atoms with Gasteiger partial charge < -0.3 is 15.7 Å². The van der Waals surface area contributed by atoms with E-state index in [0.717, 1.165) is 16.5 Å². The van der Waals surface area contributed by atoms with Crippen molar-refractivity contribution in [3.8, 4) is 0 Å². The molecule has 2 aromatic carbocycles. The summed E-state index contributed by atoms with van der Waals surface area (Å²) in [5.74, 6) is -1.40. The van der Waals surface area contributed by atoms with E-state index in [-0.39, 0.29) is 5.91 Å². The molecule has 0 aliphatic heterocycles. The van der Waals surface area contributed by atoms with Crippen molar-refractivity contribution in [3.63, 3.8) is 0 Å². The van der Waals surface area contributed by atoms with E-state index in [1.165, 1.54) is 6.92 Å². The van der Waals surface area contributed by atoms with E-state index in [1.54, 1.807) is 6.92 Å². The highest BCUT2D eigenvalue weighted by Gasteiger charge is 2.19. The van der Waals surface area contributed by atoms with Crippen LogP contribution in [0.5, 0.6) is 0 Å². The fourth-order valence-electron chi connectivity index (χ4n) is 2.05. The lowest BCUT2D eigenvalue weighted by molar-refractivity contribution is -0.141. The standard InChI is InChI=1S/C16H18N2O3/c1-10(15(19)18-11(2)16(20)21)17-14-9-5-7-12-6-3-4-8-13(12)14/h3-11,17H,1-2H3,(H,18,19)(H,20,21)/t10?,11-/m0/s1. The van der Waals surface area contributed by atoms with Gasteiger partial charge in [0.1, 0.15) is 12.1 Å². The first kappa shape index (κ1) is 14.8. The van der Waals surface area contributed by atoms with E-state index >= 15 is 0 Å². The van der Waals surface area contributed by atoms with Gasteiger partial charge in [0.25, 0.3) is 0 Å². The molecule has 2 atom stereocenters. The molecule has 0 saturated carbocycles. The van der Waals surface area contributed by atoms with E-state index < -0.39 is 18.1 Å². The number of amides is 1. The Hall–Kier alpha value is -2.56. The number of hydrogen-bond donors (Lipinski definition) is 3. The number of carboxylic acids is 1. The fraction of sp³-hybridized carbons (Fsp3) is 0.250. The maximum Gasteiger partial charge on any atom is 0.325 e. The number of anilines is 1. The molecule has 2 rings (SSSR count). The van der Waals surface area contributed by atoms with E-state index in [1.807, 2.05) is 42.5 Å². The van der Waals surface area contributed by atoms with Crippen molar-refractivity contribution in [2.45, 2.75) is 25.9 Å². The number of hydrogen-bond acceptors (Lipinski definition) is 3. The highest BCUT2D eigenvalue weighted by atomic mass is 16.4. The molecule has 5 heteroatoms. The fourth-order valence-corrected chi connectivity index (χ4v) is 2.05.